The number of pyridine rings is 1. The first kappa shape index (κ1) is 25.6. The van der Waals surface area contributed by atoms with Crippen molar-refractivity contribution in [2.24, 2.45) is 34.5 Å². The van der Waals surface area contributed by atoms with Crippen molar-refractivity contribution in [2.75, 3.05) is 12.4 Å². The molecule has 0 bridgehead atoms. The molecular formula is C27H33ClF3N3O2. The molecule has 36 heavy (non-hydrogen) atoms. The maximum Gasteiger partial charge on any atom is 0.433 e. The number of nitrogens with one attached hydrogen (secondary N) is 1. The molecule has 1 aliphatic heterocycles. The quantitative estimate of drug-likeness (QED) is 0.439. The number of alkyl halides is 3. The lowest BCUT2D eigenvalue weighted by Crippen LogP contribution is -2.54. The summed E-state index contributed by atoms with van der Waals surface area (Å²) in [5.74, 6) is 1.06. The van der Waals surface area contributed by atoms with Crippen molar-refractivity contribution in [3.63, 3.8) is 0 Å². The summed E-state index contributed by atoms with van der Waals surface area (Å²) in [4.78, 5) is 31.2. The molecule has 1 aromatic heterocycles. The van der Waals surface area contributed by atoms with Gasteiger partial charge in [0.05, 0.1) is 5.69 Å². The fourth-order valence-corrected chi connectivity index (χ4v) is 8.65. The van der Waals surface area contributed by atoms with E-state index in [0.717, 1.165) is 44.6 Å². The fraction of sp³-hybridized carbons (Fsp3) is 0.667. The third kappa shape index (κ3) is 3.77. The zero-order valence-electron chi connectivity index (χ0n) is 21.1. The third-order valence-corrected chi connectivity index (χ3v) is 10.3. The Bertz CT molecular complexity index is 1150. The molecule has 1 unspecified atom stereocenters. The number of likely N-dealkylation sites (tertiary alicyclic amines) is 1. The second kappa shape index (κ2) is 8.47. The van der Waals surface area contributed by atoms with Crippen LogP contribution in [-0.2, 0) is 15.8 Å². The highest BCUT2D eigenvalue weighted by Gasteiger charge is 2.61. The molecule has 9 heteroatoms. The number of aromatic nitrogens is 1. The molecule has 2 saturated carbocycles. The summed E-state index contributed by atoms with van der Waals surface area (Å²) in [7, 11) is 1.91. The van der Waals surface area contributed by atoms with E-state index >= 15 is 0 Å². The van der Waals surface area contributed by atoms with Gasteiger partial charge in [-0.15, -0.1) is 0 Å². The van der Waals surface area contributed by atoms with E-state index in [-0.39, 0.29) is 39.4 Å². The summed E-state index contributed by atoms with van der Waals surface area (Å²) in [6.07, 6.45) is 1.39. The maximum absolute atomic E-state index is 13.4. The molecule has 1 aromatic rings. The standard InChI is InChI=1S/C27H33ClF3N3O2/c1-14-13-15-16-5-6-18(24(36)32-19-7-8-20(27(29,30)31)33-23(19)28)25(16,2)11-9-17(15)26(3)12-10-21(35)34(4)22(14)26/h7-8,15-18H,5-6,9-13H2,1-4H3,(H,32,36)/t15-,16-,17+,18?,25-,26+/m0/s1. The minimum absolute atomic E-state index is 0.0310. The van der Waals surface area contributed by atoms with E-state index in [1.165, 1.54) is 17.3 Å². The molecule has 3 aliphatic carbocycles. The van der Waals surface area contributed by atoms with E-state index < -0.39 is 11.9 Å². The van der Waals surface area contributed by atoms with Gasteiger partial charge in [-0.05, 0) is 80.8 Å². The molecule has 6 atom stereocenters. The monoisotopic (exact) mass is 523 g/mol. The van der Waals surface area contributed by atoms with Crippen molar-refractivity contribution < 1.29 is 22.8 Å². The van der Waals surface area contributed by atoms with Crippen LogP contribution in [0, 0.1) is 34.5 Å². The predicted octanol–water partition coefficient (Wildman–Crippen LogP) is 6.69. The Morgan fingerprint density at radius 1 is 1.17 bits per heavy atom. The number of amides is 2. The van der Waals surface area contributed by atoms with Crippen LogP contribution in [0.1, 0.15) is 71.4 Å². The van der Waals surface area contributed by atoms with Crippen LogP contribution < -0.4 is 5.32 Å². The average Bonchev–Trinajstić information content (AvgIpc) is 3.15. The van der Waals surface area contributed by atoms with Gasteiger partial charge in [0.2, 0.25) is 11.8 Å². The van der Waals surface area contributed by atoms with Crippen LogP contribution in [0.25, 0.3) is 0 Å². The second-order valence-electron chi connectivity index (χ2n) is 11.8. The number of carbonyl (C=O) groups is 2. The van der Waals surface area contributed by atoms with Gasteiger partial charge < -0.3 is 10.2 Å². The predicted molar refractivity (Wildman–Crippen MR) is 131 cm³/mol. The summed E-state index contributed by atoms with van der Waals surface area (Å²) >= 11 is 6.01. The topological polar surface area (TPSA) is 62.3 Å². The first-order valence-corrected chi connectivity index (χ1v) is 13.2. The summed E-state index contributed by atoms with van der Waals surface area (Å²) in [6.45, 7) is 6.70. The van der Waals surface area contributed by atoms with Gasteiger partial charge in [0.1, 0.15) is 5.69 Å². The second-order valence-corrected chi connectivity index (χ2v) is 12.1. The molecule has 3 fully saturated rings. The summed E-state index contributed by atoms with van der Waals surface area (Å²) in [5.41, 5.74) is 1.30. The lowest BCUT2D eigenvalue weighted by Gasteiger charge is -2.59. The SMILES string of the molecule is CC1=C2N(C)C(=O)CC[C@]2(C)[C@@H]2CC[C@]3(C)C(C(=O)Nc4ccc(C(F)(F)F)nc4Cl)CC[C@H]3[C@@H]2C1. The third-order valence-electron chi connectivity index (χ3n) is 10.0. The van der Waals surface area contributed by atoms with Crippen LogP contribution in [0.15, 0.2) is 23.4 Å². The van der Waals surface area contributed by atoms with Crippen LogP contribution in [0.3, 0.4) is 0 Å². The van der Waals surface area contributed by atoms with Crippen LogP contribution in [0.5, 0.6) is 0 Å². The molecule has 5 nitrogen and oxygen atoms in total. The minimum Gasteiger partial charge on any atom is -0.323 e. The van der Waals surface area contributed by atoms with Crippen LogP contribution >= 0.6 is 11.6 Å². The van der Waals surface area contributed by atoms with Crippen molar-refractivity contribution >= 4 is 29.1 Å². The number of fused-ring (bicyclic) bond motifs is 5. The van der Waals surface area contributed by atoms with Crippen molar-refractivity contribution in [1.82, 2.24) is 9.88 Å². The van der Waals surface area contributed by atoms with E-state index in [2.05, 4.69) is 31.1 Å². The van der Waals surface area contributed by atoms with Crippen molar-refractivity contribution in [3.8, 4) is 0 Å². The smallest absolute Gasteiger partial charge is 0.323 e. The molecule has 2 heterocycles. The highest BCUT2D eigenvalue weighted by atomic mass is 35.5. The van der Waals surface area contributed by atoms with Crippen molar-refractivity contribution in [3.05, 3.63) is 34.2 Å². The largest absolute Gasteiger partial charge is 0.433 e. The van der Waals surface area contributed by atoms with Crippen LogP contribution in [-0.4, -0.2) is 28.7 Å². The highest BCUT2D eigenvalue weighted by Crippen LogP contribution is 2.67. The molecule has 2 amide bonds. The Morgan fingerprint density at radius 2 is 1.89 bits per heavy atom. The van der Waals surface area contributed by atoms with Gasteiger partial charge in [-0.25, -0.2) is 4.98 Å². The molecular weight excluding hydrogens is 491 g/mol. The lowest BCUT2D eigenvalue weighted by atomic mass is 9.48. The van der Waals surface area contributed by atoms with E-state index in [0.29, 0.717) is 24.2 Å². The van der Waals surface area contributed by atoms with Crippen molar-refractivity contribution in [1.29, 1.82) is 0 Å². The maximum atomic E-state index is 13.4. The number of allylic oxidation sites excluding steroid dienone is 2. The zero-order valence-corrected chi connectivity index (χ0v) is 21.9. The van der Waals surface area contributed by atoms with Gasteiger partial charge in [-0.3, -0.25) is 9.59 Å². The Hall–Kier alpha value is -2.09. The molecule has 0 radical (unpaired) electrons. The van der Waals surface area contributed by atoms with Gasteiger partial charge in [0, 0.05) is 30.5 Å². The molecule has 4 aliphatic rings. The average molecular weight is 524 g/mol. The number of anilines is 1. The zero-order chi connectivity index (χ0) is 26.2. The van der Waals surface area contributed by atoms with Gasteiger partial charge in [0.15, 0.2) is 5.15 Å². The number of rotatable bonds is 2. The molecule has 0 spiro atoms. The first-order valence-electron chi connectivity index (χ1n) is 12.8. The minimum atomic E-state index is -4.60. The first-order chi connectivity index (χ1) is 16.8. The number of halogens is 4. The Morgan fingerprint density at radius 3 is 2.56 bits per heavy atom. The number of hydrogen-bond donors (Lipinski definition) is 1. The normalized spacial score (nSPS) is 36.3. The lowest BCUT2D eigenvalue weighted by molar-refractivity contribution is -0.141. The van der Waals surface area contributed by atoms with Gasteiger partial charge in [-0.2, -0.15) is 13.2 Å². The van der Waals surface area contributed by atoms with Gasteiger partial charge in [-0.1, -0.05) is 31.0 Å². The highest BCUT2D eigenvalue weighted by molar-refractivity contribution is 6.32. The number of hydrogen-bond acceptors (Lipinski definition) is 3. The van der Waals surface area contributed by atoms with Crippen molar-refractivity contribution in [2.45, 2.75) is 71.9 Å². The van der Waals surface area contributed by atoms with E-state index in [9.17, 15) is 22.8 Å². The Balaban J connectivity index is 1.38. The van der Waals surface area contributed by atoms with E-state index in [4.69, 9.17) is 11.6 Å². The number of piperidine rings is 1. The summed E-state index contributed by atoms with van der Waals surface area (Å²) in [6, 6.07) is 2.02. The van der Waals surface area contributed by atoms with E-state index in [1.807, 2.05) is 11.9 Å². The molecule has 0 aromatic carbocycles. The molecule has 196 valence electrons. The van der Waals surface area contributed by atoms with Crippen LogP contribution in [0.2, 0.25) is 5.15 Å². The number of nitrogens with zero attached hydrogens (tertiary/aromatic N) is 2. The number of carbonyl (C=O) groups excluding carboxylic acids is 2. The van der Waals surface area contributed by atoms with Gasteiger partial charge >= 0.3 is 6.18 Å². The summed E-state index contributed by atoms with van der Waals surface area (Å²) in [5, 5.41) is 2.42. The van der Waals surface area contributed by atoms with E-state index in [1.54, 1.807) is 0 Å². The van der Waals surface area contributed by atoms with Crippen LogP contribution in [0.4, 0.5) is 18.9 Å². The Labute approximate surface area is 214 Å². The molecule has 5 rings (SSSR count). The molecule has 1 saturated heterocycles. The summed E-state index contributed by atoms with van der Waals surface area (Å²) < 4.78 is 38.8. The van der Waals surface area contributed by atoms with Gasteiger partial charge in [0.25, 0.3) is 0 Å². The fourth-order valence-electron chi connectivity index (χ4n) is 8.44. The molecule has 1 N–H and O–H groups in total. The Kier molecular flexibility index (Phi) is 6.01.